The van der Waals surface area contributed by atoms with Crippen LogP contribution in [0.5, 0.6) is 11.5 Å². The first-order valence-corrected chi connectivity index (χ1v) is 23.8. The number of rotatable bonds is 9. The van der Waals surface area contributed by atoms with Crippen molar-refractivity contribution in [1.82, 2.24) is 14.1 Å². The maximum Gasteiger partial charge on any atom is 0.269 e. The summed E-state index contributed by atoms with van der Waals surface area (Å²) in [4.78, 5) is 4.96. The predicted molar refractivity (Wildman–Crippen MR) is 278 cm³/mol. The van der Waals surface area contributed by atoms with E-state index in [4.69, 9.17) is 9.72 Å². The fourth-order valence-corrected chi connectivity index (χ4v) is 9.32. The summed E-state index contributed by atoms with van der Waals surface area (Å²) in [6, 6.07) is 54.7. The average molecular weight is 883 g/mol. The highest BCUT2D eigenvalue weighted by Gasteiger charge is 2.31. The first-order chi connectivity index (χ1) is 31.6. The van der Waals surface area contributed by atoms with Crippen LogP contribution in [0, 0.1) is 6.33 Å². The van der Waals surface area contributed by atoms with Gasteiger partial charge < -0.3 is 4.74 Å². The van der Waals surface area contributed by atoms with E-state index in [9.17, 15) is 0 Å². The van der Waals surface area contributed by atoms with Crippen molar-refractivity contribution < 1.29 is 9.30 Å². The van der Waals surface area contributed by atoms with Crippen LogP contribution < -0.4 is 9.30 Å². The van der Waals surface area contributed by atoms with Gasteiger partial charge in [-0.3, -0.25) is 13.7 Å². The van der Waals surface area contributed by atoms with E-state index >= 15 is 0 Å². The summed E-state index contributed by atoms with van der Waals surface area (Å²) >= 11 is 0. The SMILES string of the molecule is CC(C)(C)c1cc(-[n+]2[c-]n(-c3cccc(Oc4ccc5c6cc(C(C)(C)C)ccc6n(-c6cc(C(C)(C)C)ccn6)c5c4)c3)c(C(C)(C)c3ccccc3)c2)cc(C(C)(C)c2ccccc2)c1. The van der Waals surface area contributed by atoms with Gasteiger partial charge in [-0.1, -0.05) is 169 Å². The van der Waals surface area contributed by atoms with Crippen molar-refractivity contribution in [3.05, 3.63) is 209 Å². The molecule has 67 heavy (non-hydrogen) atoms. The van der Waals surface area contributed by atoms with Gasteiger partial charge in [0.2, 0.25) is 0 Å². The number of fused-ring (bicyclic) bond motifs is 3. The molecule has 6 aromatic carbocycles. The van der Waals surface area contributed by atoms with Gasteiger partial charge in [0.05, 0.1) is 28.1 Å². The molecular formula is C62H66N4O. The summed E-state index contributed by atoms with van der Waals surface area (Å²) in [5, 5.41) is 2.36. The fraction of sp³-hybridized carbons (Fsp3) is 0.290. The van der Waals surface area contributed by atoms with Gasteiger partial charge in [-0.15, -0.1) is 0 Å². The molecule has 5 nitrogen and oxygen atoms in total. The summed E-state index contributed by atoms with van der Waals surface area (Å²) in [5.41, 5.74) is 12.2. The maximum atomic E-state index is 6.87. The lowest BCUT2D eigenvalue weighted by Crippen LogP contribution is -2.31. The first-order valence-electron chi connectivity index (χ1n) is 23.8. The van der Waals surface area contributed by atoms with E-state index < -0.39 is 0 Å². The van der Waals surface area contributed by atoms with Crippen LogP contribution in [0.4, 0.5) is 0 Å². The smallest absolute Gasteiger partial charge is 0.269 e. The molecule has 0 aliphatic carbocycles. The molecule has 9 rings (SSSR count). The van der Waals surface area contributed by atoms with E-state index in [-0.39, 0.29) is 27.1 Å². The Hall–Kier alpha value is -6.72. The number of pyridine rings is 1. The second-order valence-electron chi connectivity index (χ2n) is 22.6. The zero-order valence-electron chi connectivity index (χ0n) is 41.8. The highest BCUT2D eigenvalue weighted by molar-refractivity contribution is 6.09. The molecule has 0 spiro atoms. The third kappa shape index (κ3) is 8.73. The third-order valence-corrected chi connectivity index (χ3v) is 13.9. The van der Waals surface area contributed by atoms with Crippen LogP contribution in [0.2, 0.25) is 0 Å². The monoisotopic (exact) mass is 883 g/mol. The predicted octanol–water partition coefficient (Wildman–Crippen LogP) is 15.4. The molecule has 3 heterocycles. The van der Waals surface area contributed by atoms with Crippen molar-refractivity contribution in [2.75, 3.05) is 0 Å². The van der Waals surface area contributed by atoms with Gasteiger partial charge in [0.15, 0.2) is 0 Å². The molecule has 0 aliphatic heterocycles. The second kappa shape index (κ2) is 16.6. The quantitative estimate of drug-likeness (QED) is 0.107. The fourth-order valence-electron chi connectivity index (χ4n) is 9.32. The number of imidazole rings is 1. The highest BCUT2D eigenvalue weighted by atomic mass is 16.5. The Morgan fingerprint density at radius 3 is 1.73 bits per heavy atom. The Morgan fingerprint density at radius 1 is 0.463 bits per heavy atom. The zero-order chi connectivity index (χ0) is 47.7. The molecule has 0 saturated heterocycles. The molecule has 0 bridgehead atoms. The lowest BCUT2D eigenvalue weighted by Gasteiger charge is -2.30. The Labute approximate surface area is 398 Å². The molecule has 9 aromatic rings. The normalized spacial score (nSPS) is 12.9. The standard InChI is InChI=1S/C62H66N4O/c1-58(2,3)44-27-30-54-53(36-44)52-29-28-51(39-55(52)66(54)57-37-45(31-32-63-57)59(4,5)6)67-50-26-20-25-48(38-50)65-41-64(40-56(65)62(12,13)43-23-18-15-19-24-43)49-34-46(60(7,8)9)33-47(35-49)61(10,11)42-21-16-14-17-22-42/h14-40H,1-13H3. The average Bonchev–Trinajstić information content (AvgIpc) is 3.89. The molecule has 0 saturated carbocycles. The summed E-state index contributed by atoms with van der Waals surface area (Å²) < 4.78 is 13.6. The molecule has 0 unspecified atom stereocenters. The molecular weight excluding hydrogens is 817 g/mol. The second-order valence-corrected chi connectivity index (χ2v) is 22.6. The number of nitrogens with zero attached hydrogens (tertiary/aromatic N) is 4. The van der Waals surface area contributed by atoms with Crippen LogP contribution in [0.3, 0.4) is 0 Å². The number of benzene rings is 6. The van der Waals surface area contributed by atoms with Crippen LogP contribution in [-0.4, -0.2) is 14.1 Å². The van der Waals surface area contributed by atoms with E-state index in [1.807, 2.05) is 12.3 Å². The molecule has 0 radical (unpaired) electrons. The topological polar surface area (TPSA) is 35.9 Å². The van der Waals surface area contributed by atoms with E-state index in [1.165, 1.54) is 38.8 Å². The molecule has 0 aliphatic rings. The van der Waals surface area contributed by atoms with Crippen molar-refractivity contribution in [3.8, 4) is 28.7 Å². The number of hydrogen-bond donors (Lipinski definition) is 0. The Morgan fingerprint density at radius 2 is 1.07 bits per heavy atom. The van der Waals surface area contributed by atoms with Gasteiger partial charge in [-0.25, -0.2) is 4.98 Å². The Kier molecular flexibility index (Phi) is 11.2. The summed E-state index contributed by atoms with van der Waals surface area (Å²) in [6.07, 6.45) is 8.04. The van der Waals surface area contributed by atoms with Crippen LogP contribution >= 0.6 is 0 Å². The lowest BCUT2D eigenvalue weighted by molar-refractivity contribution is -0.599. The number of ether oxygens (including phenoxy) is 1. The molecule has 0 amide bonds. The molecule has 340 valence electrons. The van der Waals surface area contributed by atoms with E-state index in [2.05, 4.69) is 262 Å². The van der Waals surface area contributed by atoms with Crippen LogP contribution in [0.1, 0.15) is 129 Å². The third-order valence-electron chi connectivity index (χ3n) is 13.9. The molecule has 3 aromatic heterocycles. The van der Waals surface area contributed by atoms with Crippen molar-refractivity contribution in [2.24, 2.45) is 0 Å². The van der Waals surface area contributed by atoms with E-state index in [1.54, 1.807) is 0 Å². The zero-order valence-corrected chi connectivity index (χ0v) is 41.8. The van der Waals surface area contributed by atoms with Gasteiger partial charge in [0.25, 0.3) is 6.33 Å². The minimum atomic E-state index is -0.378. The summed E-state index contributed by atoms with van der Waals surface area (Å²) in [6.45, 7) is 29.7. The van der Waals surface area contributed by atoms with Crippen LogP contribution in [0.15, 0.2) is 164 Å². The van der Waals surface area contributed by atoms with Crippen molar-refractivity contribution in [3.63, 3.8) is 0 Å². The first kappa shape index (κ1) is 45.4. The largest absolute Gasteiger partial charge is 0.458 e. The van der Waals surface area contributed by atoms with Gasteiger partial charge >= 0.3 is 0 Å². The van der Waals surface area contributed by atoms with Crippen molar-refractivity contribution in [1.29, 1.82) is 0 Å². The highest BCUT2D eigenvalue weighted by Crippen LogP contribution is 2.40. The summed E-state index contributed by atoms with van der Waals surface area (Å²) in [5.74, 6) is 2.38. The molecule has 0 fully saturated rings. The maximum absolute atomic E-state index is 6.87. The minimum Gasteiger partial charge on any atom is -0.458 e. The van der Waals surface area contributed by atoms with E-state index in [0.29, 0.717) is 0 Å². The minimum absolute atomic E-state index is 0.00631. The number of hydrogen-bond acceptors (Lipinski definition) is 2. The van der Waals surface area contributed by atoms with E-state index in [0.717, 1.165) is 50.8 Å². The molecule has 0 atom stereocenters. The number of aromatic nitrogens is 4. The lowest BCUT2D eigenvalue weighted by atomic mass is 9.75. The van der Waals surface area contributed by atoms with Crippen molar-refractivity contribution >= 4 is 21.8 Å². The van der Waals surface area contributed by atoms with Gasteiger partial charge in [-0.2, -0.15) is 0 Å². The van der Waals surface area contributed by atoms with Gasteiger partial charge in [0.1, 0.15) is 17.3 Å². The molecule has 5 heteroatoms. The molecule has 0 N–H and O–H groups in total. The van der Waals surface area contributed by atoms with Crippen LogP contribution in [-0.2, 0) is 27.1 Å². The van der Waals surface area contributed by atoms with Crippen LogP contribution in [0.25, 0.3) is 39.0 Å². The van der Waals surface area contributed by atoms with Gasteiger partial charge in [-0.05, 0) is 116 Å². The Bertz CT molecular complexity index is 3250. The summed E-state index contributed by atoms with van der Waals surface area (Å²) in [7, 11) is 0. The van der Waals surface area contributed by atoms with Gasteiger partial charge in [0, 0.05) is 40.1 Å². The van der Waals surface area contributed by atoms with Crippen molar-refractivity contribution in [2.45, 2.75) is 117 Å². The Balaban J connectivity index is 1.17.